The van der Waals surface area contributed by atoms with Crippen molar-refractivity contribution in [3.05, 3.63) is 89.5 Å². The number of hydrogen-bond donors (Lipinski definition) is 2. The van der Waals surface area contributed by atoms with Gasteiger partial charge in [-0.25, -0.2) is 21.9 Å². The van der Waals surface area contributed by atoms with Crippen LogP contribution in [0.1, 0.15) is 36.0 Å². The van der Waals surface area contributed by atoms with E-state index >= 15 is 0 Å². The van der Waals surface area contributed by atoms with Crippen LogP contribution in [0.2, 0.25) is 5.02 Å². The number of carbonyl (C=O) groups excluding carboxylic acids is 1. The lowest BCUT2D eigenvalue weighted by atomic mass is 9.77. The van der Waals surface area contributed by atoms with Crippen LogP contribution >= 0.6 is 11.6 Å². The molecule has 2 aromatic carbocycles. The summed E-state index contributed by atoms with van der Waals surface area (Å²) in [6.45, 7) is 0.280. The van der Waals surface area contributed by atoms with Crippen LogP contribution in [0.3, 0.4) is 0 Å². The zero-order valence-electron chi connectivity index (χ0n) is 21.6. The van der Waals surface area contributed by atoms with Gasteiger partial charge in [0, 0.05) is 42.1 Å². The number of nitrogens with zero attached hydrogens (tertiary/aromatic N) is 4. The molecule has 2 aromatic heterocycles. The maximum absolute atomic E-state index is 14.4. The predicted octanol–water partition coefficient (Wildman–Crippen LogP) is 4.65. The summed E-state index contributed by atoms with van der Waals surface area (Å²) < 4.78 is 59.4. The van der Waals surface area contributed by atoms with E-state index in [2.05, 4.69) is 15.5 Å². The van der Waals surface area contributed by atoms with Crippen molar-refractivity contribution in [3.63, 3.8) is 0 Å². The van der Waals surface area contributed by atoms with E-state index < -0.39 is 38.2 Å². The van der Waals surface area contributed by atoms with Crippen LogP contribution in [0.5, 0.6) is 0 Å². The van der Waals surface area contributed by atoms with Gasteiger partial charge >= 0.3 is 0 Å². The third-order valence-electron chi connectivity index (χ3n) is 8.01. The fourth-order valence-electron chi connectivity index (χ4n) is 6.41. The quantitative estimate of drug-likeness (QED) is 0.318. The SMILES string of the molecule is O=C(Nc1cc(F)c(F)c(-n2cccn2)c1)c1ccc(Cl)c(S(=O)(=O)[C@H]2C3CC[C@H]2C[C@](O)(Cn2cccn2)C3)c1. The van der Waals surface area contributed by atoms with Gasteiger partial charge in [-0.3, -0.25) is 9.48 Å². The van der Waals surface area contributed by atoms with Crippen LogP contribution < -0.4 is 5.32 Å². The monoisotopic (exact) mass is 601 g/mol. The van der Waals surface area contributed by atoms with E-state index in [9.17, 15) is 27.1 Å². The molecule has 2 aliphatic carbocycles. The zero-order chi connectivity index (χ0) is 28.9. The molecule has 2 saturated carbocycles. The van der Waals surface area contributed by atoms with Crippen molar-refractivity contribution in [1.29, 1.82) is 0 Å². The molecule has 4 aromatic rings. The average molecular weight is 602 g/mol. The van der Waals surface area contributed by atoms with Crippen molar-refractivity contribution >= 4 is 33.0 Å². The highest BCUT2D eigenvalue weighted by Crippen LogP contribution is 2.51. The minimum atomic E-state index is -3.99. The van der Waals surface area contributed by atoms with E-state index in [1.165, 1.54) is 42.7 Å². The summed E-state index contributed by atoms with van der Waals surface area (Å²) in [4.78, 5) is 13.0. The van der Waals surface area contributed by atoms with Crippen molar-refractivity contribution in [1.82, 2.24) is 19.6 Å². The Morgan fingerprint density at radius 3 is 2.44 bits per heavy atom. The lowest BCUT2D eigenvalue weighted by Crippen LogP contribution is -2.48. The van der Waals surface area contributed by atoms with E-state index in [1.807, 2.05) is 0 Å². The largest absolute Gasteiger partial charge is 0.388 e. The number of nitrogens with one attached hydrogen (secondary N) is 1. The number of hydrogen-bond acceptors (Lipinski definition) is 6. The summed E-state index contributed by atoms with van der Waals surface area (Å²) in [5.74, 6) is -3.61. The Hall–Kier alpha value is -3.61. The number of halogens is 3. The summed E-state index contributed by atoms with van der Waals surface area (Å²) in [5, 5.41) is 21.1. The number of aliphatic hydroxyl groups is 1. The number of aromatic nitrogens is 4. The number of amides is 1. The zero-order valence-corrected chi connectivity index (χ0v) is 23.2. The Labute approximate surface area is 239 Å². The fraction of sp³-hybridized carbons (Fsp3) is 0.321. The Morgan fingerprint density at radius 1 is 1.07 bits per heavy atom. The Kier molecular flexibility index (Phi) is 6.95. The molecule has 1 unspecified atom stereocenters. The summed E-state index contributed by atoms with van der Waals surface area (Å²) in [6.07, 6.45) is 8.14. The molecule has 2 N–H and O–H groups in total. The number of fused-ring (bicyclic) bond motifs is 2. The molecule has 2 fully saturated rings. The molecular weight excluding hydrogens is 576 g/mol. The van der Waals surface area contributed by atoms with Gasteiger partial charge in [-0.15, -0.1) is 0 Å². The lowest BCUT2D eigenvalue weighted by Gasteiger charge is -2.40. The predicted molar refractivity (Wildman–Crippen MR) is 146 cm³/mol. The molecule has 214 valence electrons. The number of benzene rings is 2. The maximum atomic E-state index is 14.4. The molecule has 0 radical (unpaired) electrons. The molecule has 6 rings (SSSR count). The molecule has 0 saturated heterocycles. The number of carbonyl (C=O) groups is 1. The Morgan fingerprint density at radius 2 is 1.78 bits per heavy atom. The number of anilines is 1. The van der Waals surface area contributed by atoms with Gasteiger partial charge in [0.2, 0.25) is 0 Å². The highest BCUT2D eigenvalue weighted by atomic mass is 35.5. The first kappa shape index (κ1) is 27.6. The highest BCUT2D eigenvalue weighted by molar-refractivity contribution is 7.92. The molecule has 13 heteroatoms. The van der Waals surface area contributed by atoms with Gasteiger partial charge in [-0.1, -0.05) is 11.6 Å². The van der Waals surface area contributed by atoms with Crippen molar-refractivity contribution in [3.8, 4) is 5.69 Å². The smallest absolute Gasteiger partial charge is 0.255 e. The summed E-state index contributed by atoms with van der Waals surface area (Å²) in [6, 6.07) is 9.27. The second-order valence-electron chi connectivity index (χ2n) is 10.8. The molecule has 2 heterocycles. The maximum Gasteiger partial charge on any atom is 0.255 e. The number of sulfone groups is 1. The highest BCUT2D eigenvalue weighted by Gasteiger charge is 2.54. The molecule has 9 nitrogen and oxygen atoms in total. The first-order valence-corrected chi connectivity index (χ1v) is 15.0. The van der Waals surface area contributed by atoms with Crippen LogP contribution in [0, 0.1) is 23.5 Å². The van der Waals surface area contributed by atoms with E-state index in [0.717, 1.165) is 10.7 Å². The van der Waals surface area contributed by atoms with E-state index in [0.29, 0.717) is 25.7 Å². The van der Waals surface area contributed by atoms with Gasteiger partial charge < -0.3 is 10.4 Å². The second kappa shape index (κ2) is 10.3. The molecule has 0 spiro atoms. The van der Waals surface area contributed by atoms with Crippen LogP contribution in [0.15, 0.2) is 72.1 Å². The van der Waals surface area contributed by atoms with Crippen LogP contribution in [-0.2, 0) is 16.4 Å². The first-order valence-electron chi connectivity index (χ1n) is 13.1. The molecule has 2 bridgehead atoms. The van der Waals surface area contributed by atoms with Crippen molar-refractivity contribution < 1.29 is 27.1 Å². The summed E-state index contributed by atoms with van der Waals surface area (Å²) >= 11 is 6.37. The molecular formula is C28H26ClF2N5O4S. The van der Waals surface area contributed by atoms with Crippen LogP contribution in [0.4, 0.5) is 14.5 Å². The topological polar surface area (TPSA) is 119 Å². The van der Waals surface area contributed by atoms with Crippen LogP contribution in [-0.4, -0.2) is 49.8 Å². The third-order valence-corrected chi connectivity index (χ3v) is 10.9. The summed E-state index contributed by atoms with van der Waals surface area (Å²) in [5.41, 5.74) is -1.34. The second-order valence-corrected chi connectivity index (χ2v) is 13.3. The van der Waals surface area contributed by atoms with E-state index in [-0.39, 0.29) is 45.2 Å². The molecule has 4 atom stereocenters. The van der Waals surface area contributed by atoms with Gasteiger partial charge in [-0.05, 0) is 73.9 Å². The average Bonchev–Trinajstić information content (AvgIpc) is 3.68. The first-order chi connectivity index (χ1) is 19.5. The normalized spacial score (nSPS) is 24.0. The van der Waals surface area contributed by atoms with Gasteiger partial charge in [0.1, 0.15) is 5.69 Å². The van der Waals surface area contributed by atoms with Gasteiger partial charge in [-0.2, -0.15) is 10.2 Å². The Bertz CT molecular complexity index is 1700. The van der Waals surface area contributed by atoms with Crippen LogP contribution in [0.25, 0.3) is 5.69 Å². The molecule has 41 heavy (non-hydrogen) atoms. The minimum absolute atomic E-state index is 0.0170. The Balaban J connectivity index is 1.25. The molecule has 1 amide bonds. The third kappa shape index (κ3) is 5.15. The van der Waals surface area contributed by atoms with Crippen molar-refractivity contribution in [2.24, 2.45) is 11.8 Å². The standard InChI is InChI=1S/C28H26ClF2N5O4S/c29-21-6-5-17(27(37)34-20-12-22(30)25(31)23(13-20)36-10-2-8-33-36)11-24(21)41(39,40)26-18-3-4-19(26)15-28(38,14-18)16-35-9-1-7-32-35/h1-2,5-13,18-19,26,38H,3-4,14-16H2,(H,34,37)/t18-,19?,26+,28+/m0/s1. The summed E-state index contributed by atoms with van der Waals surface area (Å²) in [7, 11) is -3.99. The number of rotatable bonds is 7. The van der Waals surface area contributed by atoms with E-state index in [4.69, 9.17) is 11.6 Å². The van der Waals surface area contributed by atoms with Crippen molar-refractivity contribution in [2.45, 2.75) is 48.0 Å². The lowest BCUT2D eigenvalue weighted by molar-refractivity contribution is -0.0354. The molecule has 2 aliphatic rings. The molecule has 0 aliphatic heterocycles. The minimum Gasteiger partial charge on any atom is -0.388 e. The van der Waals surface area contributed by atoms with Gasteiger partial charge in [0.05, 0.1) is 27.3 Å². The fourth-order valence-corrected chi connectivity index (χ4v) is 9.25. The van der Waals surface area contributed by atoms with Gasteiger partial charge in [0.15, 0.2) is 21.5 Å². The van der Waals surface area contributed by atoms with E-state index in [1.54, 1.807) is 23.1 Å². The van der Waals surface area contributed by atoms with Crippen molar-refractivity contribution in [2.75, 3.05) is 5.32 Å². The van der Waals surface area contributed by atoms with Gasteiger partial charge in [0.25, 0.3) is 5.91 Å².